The summed E-state index contributed by atoms with van der Waals surface area (Å²) in [5.74, 6) is -2.59. The van der Waals surface area contributed by atoms with Crippen LogP contribution in [-0.2, 0) is 0 Å². The minimum absolute atomic E-state index is 0.0612. The molecule has 0 aliphatic heterocycles. The van der Waals surface area contributed by atoms with Crippen molar-refractivity contribution in [3.05, 3.63) is 16.1 Å². The van der Waals surface area contributed by atoms with Crippen molar-refractivity contribution in [1.82, 2.24) is 9.55 Å². The van der Waals surface area contributed by atoms with Crippen LogP contribution in [0.4, 0.5) is 0 Å². The third-order valence-corrected chi connectivity index (χ3v) is 2.74. The second kappa shape index (κ2) is 3.34. The van der Waals surface area contributed by atoms with Crippen molar-refractivity contribution in [3.63, 3.8) is 0 Å². The molecule has 0 unspecified atom stereocenters. The average Bonchev–Trinajstić information content (AvgIpc) is 2.89. The molecule has 0 aromatic carbocycles. The van der Waals surface area contributed by atoms with Gasteiger partial charge in [0.1, 0.15) is 0 Å². The molecule has 1 fully saturated rings. The fraction of sp³-hybridized carbons (Fsp3) is 0.375. The highest BCUT2D eigenvalue weighted by molar-refractivity contribution is 9.10. The summed E-state index contributed by atoms with van der Waals surface area (Å²) in [6.07, 6.45) is 1.71. The number of aromatic nitrogens is 2. The first-order chi connectivity index (χ1) is 7.02. The van der Waals surface area contributed by atoms with Crippen molar-refractivity contribution in [2.24, 2.45) is 0 Å². The number of carboxylic acid groups (broad SMARTS) is 2. The van der Waals surface area contributed by atoms with E-state index in [1.165, 1.54) is 4.57 Å². The summed E-state index contributed by atoms with van der Waals surface area (Å²) < 4.78 is 1.69. The molecule has 2 N–H and O–H groups in total. The Morgan fingerprint density at radius 1 is 1.33 bits per heavy atom. The lowest BCUT2D eigenvalue weighted by Gasteiger charge is -2.03. The van der Waals surface area contributed by atoms with E-state index in [4.69, 9.17) is 10.2 Å². The normalized spacial score (nSPS) is 15.3. The molecule has 80 valence electrons. The van der Waals surface area contributed by atoms with E-state index in [9.17, 15) is 9.59 Å². The SMILES string of the molecule is O=C(O)c1nc(Br)n(C2CC2)c1C(=O)O. The predicted octanol–water partition coefficient (Wildman–Crippen LogP) is 1.38. The number of carboxylic acids is 2. The van der Waals surface area contributed by atoms with Crippen molar-refractivity contribution in [3.8, 4) is 0 Å². The Morgan fingerprint density at radius 3 is 2.33 bits per heavy atom. The van der Waals surface area contributed by atoms with Crippen LogP contribution < -0.4 is 0 Å². The number of aromatic carboxylic acids is 2. The first kappa shape index (κ1) is 10.2. The summed E-state index contributed by atoms with van der Waals surface area (Å²) >= 11 is 3.07. The van der Waals surface area contributed by atoms with Gasteiger partial charge in [0.15, 0.2) is 16.1 Å². The second-order valence-electron chi connectivity index (χ2n) is 3.29. The summed E-state index contributed by atoms with van der Waals surface area (Å²) in [4.78, 5) is 25.4. The van der Waals surface area contributed by atoms with Crippen LogP contribution in [0.3, 0.4) is 0 Å². The summed E-state index contributed by atoms with van der Waals surface area (Å²) in [6.45, 7) is 0. The molecule has 7 heteroatoms. The van der Waals surface area contributed by atoms with Crippen molar-refractivity contribution >= 4 is 27.9 Å². The molecule has 0 spiro atoms. The Balaban J connectivity index is 2.62. The highest BCUT2D eigenvalue weighted by Crippen LogP contribution is 2.39. The predicted molar refractivity (Wildman–Crippen MR) is 52.1 cm³/mol. The maximum Gasteiger partial charge on any atom is 0.357 e. The lowest BCUT2D eigenvalue weighted by atomic mass is 10.3. The minimum Gasteiger partial charge on any atom is -0.476 e. The molecule has 6 nitrogen and oxygen atoms in total. The van der Waals surface area contributed by atoms with Crippen LogP contribution in [0.5, 0.6) is 0 Å². The zero-order valence-electron chi connectivity index (χ0n) is 7.47. The molecule has 0 amide bonds. The van der Waals surface area contributed by atoms with Crippen LogP contribution in [0.25, 0.3) is 0 Å². The summed E-state index contributed by atoms with van der Waals surface area (Å²) in [5, 5.41) is 17.7. The quantitative estimate of drug-likeness (QED) is 0.869. The van der Waals surface area contributed by atoms with Crippen LogP contribution in [-0.4, -0.2) is 31.7 Å². The molecule has 1 aliphatic rings. The van der Waals surface area contributed by atoms with E-state index >= 15 is 0 Å². The lowest BCUT2D eigenvalue weighted by Crippen LogP contribution is -2.12. The number of imidazole rings is 1. The van der Waals surface area contributed by atoms with Gasteiger partial charge in [-0.25, -0.2) is 14.6 Å². The van der Waals surface area contributed by atoms with Crippen LogP contribution >= 0.6 is 15.9 Å². The zero-order valence-corrected chi connectivity index (χ0v) is 9.06. The third-order valence-electron chi connectivity index (χ3n) is 2.19. The van der Waals surface area contributed by atoms with Crippen molar-refractivity contribution < 1.29 is 19.8 Å². The molecule has 15 heavy (non-hydrogen) atoms. The first-order valence-corrected chi connectivity index (χ1v) is 5.06. The van der Waals surface area contributed by atoms with Gasteiger partial charge in [-0.3, -0.25) is 0 Å². The van der Waals surface area contributed by atoms with Gasteiger partial charge in [-0.05, 0) is 28.8 Å². The van der Waals surface area contributed by atoms with Crippen molar-refractivity contribution in [2.75, 3.05) is 0 Å². The molecule has 1 aliphatic carbocycles. The van der Waals surface area contributed by atoms with E-state index in [1.54, 1.807) is 0 Å². The zero-order chi connectivity index (χ0) is 11.2. The van der Waals surface area contributed by atoms with E-state index in [2.05, 4.69) is 20.9 Å². The van der Waals surface area contributed by atoms with Crippen molar-refractivity contribution in [2.45, 2.75) is 18.9 Å². The van der Waals surface area contributed by atoms with Gasteiger partial charge in [-0.1, -0.05) is 0 Å². The largest absolute Gasteiger partial charge is 0.476 e. The molecule has 1 saturated carbocycles. The fourth-order valence-electron chi connectivity index (χ4n) is 1.42. The monoisotopic (exact) mass is 274 g/mol. The maximum absolute atomic E-state index is 10.9. The number of hydrogen-bond acceptors (Lipinski definition) is 3. The number of rotatable bonds is 3. The smallest absolute Gasteiger partial charge is 0.357 e. The molecule has 1 aromatic rings. The van der Waals surface area contributed by atoms with Crippen LogP contribution in [0.1, 0.15) is 39.9 Å². The van der Waals surface area contributed by atoms with Gasteiger partial charge in [0, 0.05) is 6.04 Å². The lowest BCUT2D eigenvalue weighted by molar-refractivity contribution is 0.0640. The number of nitrogens with zero attached hydrogens (tertiary/aromatic N) is 2. The van der Waals surface area contributed by atoms with E-state index in [-0.39, 0.29) is 16.5 Å². The van der Waals surface area contributed by atoms with Gasteiger partial charge in [0.25, 0.3) is 0 Å². The number of carbonyl (C=O) groups is 2. The average molecular weight is 275 g/mol. The van der Waals surface area contributed by atoms with E-state index < -0.39 is 17.6 Å². The van der Waals surface area contributed by atoms with Crippen LogP contribution in [0, 0.1) is 0 Å². The minimum atomic E-state index is -1.33. The summed E-state index contributed by atoms with van der Waals surface area (Å²) in [5.41, 5.74) is -0.668. The molecular formula is C8H7BrN2O4. The molecule has 1 aromatic heterocycles. The molecule has 0 bridgehead atoms. The Kier molecular flexibility index (Phi) is 2.26. The van der Waals surface area contributed by atoms with Gasteiger partial charge in [0.2, 0.25) is 0 Å². The van der Waals surface area contributed by atoms with Gasteiger partial charge >= 0.3 is 11.9 Å². The van der Waals surface area contributed by atoms with Crippen LogP contribution in [0.15, 0.2) is 4.73 Å². The third kappa shape index (κ3) is 1.63. The molecule has 2 rings (SSSR count). The molecule has 0 atom stereocenters. The summed E-state index contributed by atoms with van der Waals surface area (Å²) in [6, 6.07) is 0.0612. The fourth-order valence-corrected chi connectivity index (χ4v) is 2.07. The van der Waals surface area contributed by atoms with Gasteiger partial charge in [-0.2, -0.15) is 0 Å². The van der Waals surface area contributed by atoms with Crippen LogP contribution in [0.2, 0.25) is 0 Å². The van der Waals surface area contributed by atoms with Gasteiger partial charge < -0.3 is 14.8 Å². The molecule has 0 radical (unpaired) electrons. The summed E-state index contributed by atoms with van der Waals surface area (Å²) in [7, 11) is 0. The standard InChI is InChI=1S/C8H7BrN2O4/c9-8-10-4(6(12)13)5(7(14)15)11(8)3-1-2-3/h3H,1-2H2,(H,12,13)(H,14,15). The first-order valence-electron chi connectivity index (χ1n) is 4.26. The Labute approximate surface area is 92.7 Å². The van der Waals surface area contributed by atoms with E-state index in [1.807, 2.05) is 0 Å². The van der Waals surface area contributed by atoms with Gasteiger partial charge in [0.05, 0.1) is 0 Å². The highest BCUT2D eigenvalue weighted by Gasteiger charge is 2.34. The topological polar surface area (TPSA) is 92.4 Å². The van der Waals surface area contributed by atoms with Gasteiger partial charge in [-0.15, -0.1) is 0 Å². The number of hydrogen-bond donors (Lipinski definition) is 2. The Morgan fingerprint density at radius 2 is 1.93 bits per heavy atom. The molecule has 1 heterocycles. The Bertz CT molecular complexity index is 450. The highest BCUT2D eigenvalue weighted by atomic mass is 79.9. The number of halogens is 1. The molecule has 0 saturated heterocycles. The molecular weight excluding hydrogens is 268 g/mol. The maximum atomic E-state index is 10.9. The van der Waals surface area contributed by atoms with E-state index in [0.29, 0.717) is 0 Å². The van der Waals surface area contributed by atoms with Crippen molar-refractivity contribution in [1.29, 1.82) is 0 Å². The second-order valence-corrected chi connectivity index (χ2v) is 4.00. The van der Waals surface area contributed by atoms with E-state index in [0.717, 1.165) is 12.8 Å². The Hall–Kier alpha value is -1.37.